The van der Waals surface area contributed by atoms with Crippen LogP contribution in [-0.2, 0) is 11.3 Å². The maximum atomic E-state index is 13.0. The minimum absolute atomic E-state index is 0.0385. The highest BCUT2D eigenvalue weighted by atomic mass is 32.1. The third kappa shape index (κ3) is 3.56. The maximum absolute atomic E-state index is 13.0. The van der Waals surface area contributed by atoms with E-state index in [1.54, 1.807) is 28.9 Å². The second-order valence-electron chi connectivity index (χ2n) is 7.27. The lowest BCUT2D eigenvalue weighted by molar-refractivity contribution is -0.126. The summed E-state index contributed by atoms with van der Waals surface area (Å²) in [5.74, 6) is 0.814. The number of thiophene rings is 2. The monoisotopic (exact) mass is 424 g/mol. The number of furan rings is 1. The molecule has 1 aliphatic rings. The van der Waals surface area contributed by atoms with Crippen LogP contribution >= 0.6 is 22.7 Å². The summed E-state index contributed by atoms with van der Waals surface area (Å²) in [5, 5.41) is 4.15. The standard InChI is InChI=1S/C22H20N2O3S2/c25-21(23-13-15-4-3-11-27-15)14-7-9-24(10-8-14)22(26)19-12-18-20(29-19)16-5-1-2-6-17(16)28-18/h1-6,11-12,14H,7-10,13H2,(H,23,25). The van der Waals surface area contributed by atoms with Crippen LogP contribution in [0, 0.1) is 5.92 Å². The van der Waals surface area contributed by atoms with Crippen molar-refractivity contribution in [2.24, 2.45) is 5.92 Å². The van der Waals surface area contributed by atoms with Crippen molar-refractivity contribution in [1.29, 1.82) is 0 Å². The van der Waals surface area contributed by atoms with Gasteiger partial charge < -0.3 is 14.6 Å². The van der Waals surface area contributed by atoms with Gasteiger partial charge in [-0.05, 0) is 37.1 Å². The minimum Gasteiger partial charge on any atom is -0.467 e. The number of hydrogen-bond donors (Lipinski definition) is 1. The van der Waals surface area contributed by atoms with Crippen molar-refractivity contribution >= 4 is 54.0 Å². The predicted molar refractivity (Wildman–Crippen MR) is 116 cm³/mol. The van der Waals surface area contributed by atoms with Crippen LogP contribution < -0.4 is 5.32 Å². The molecule has 29 heavy (non-hydrogen) atoms. The van der Waals surface area contributed by atoms with Crippen LogP contribution in [0.1, 0.15) is 28.3 Å². The van der Waals surface area contributed by atoms with Gasteiger partial charge in [-0.3, -0.25) is 9.59 Å². The summed E-state index contributed by atoms with van der Waals surface area (Å²) in [5.41, 5.74) is 0. The van der Waals surface area contributed by atoms with E-state index < -0.39 is 0 Å². The Kier molecular flexibility index (Phi) is 4.85. The molecule has 0 bridgehead atoms. The third-order valence-corrected chi connectivity index (χ3v) is 7.83. The highest BCUT2D eigenvalue weighted by Crippen LogP contribution is 2.39. The van der Waals surface area contributed by atoms with E-state index in [2.05, 4.69) is 17.4 Å². The van der Waals surface area contributed by atoms with Crippen molar-refractivity contribution in [3.8, 4) is 0 Å². The SMILES string of the molecule is O=C(NCc1ccco1)C1CCN(C(=O)c2cc3sc4ccccc4c3s2)CC1. The molecule has 4 heterocycles. The first kappa shape index (κ1) is 18.4. The Morgan fingerprint density at radius 3 is 2.69 bits per heavy atom. The first-order valence-electron chi connectivity index (χ1n) is 9.69. The lowest BCUT2D eigenvalue weighted by Crippen LogP contribution is -2.42. The Morgan fingerprint density at radius 1 is 1.07 bits per heavy atom. The lowest BCUT2D eigenvalue weighted by atomic mass is 9.96. The molecule has 1 N–H and O–H groups in total. The zero-order valence-electron chi connectivity index (χ0n) is 15.7. The molecule has 4 aromatic rings. The van der Waals surface area contributed by atoms with Crippen LogP contribution in [-0.4, -0.2) is 29.8 Å². The van der Waals surface area contributed by atoms with Gasteiger partial charge in [0.2, 0.25) is 5.91 Å². The average molecular weight is 425 g/mol. The van der Waals surface area contributed by atoms with Crippen molar-refractivity contribution in [1.82, 2.24) is 10.2 Å². The summed E-state index contributed by atoms with van der Waals surface area (Å²) in [6, 6.07) is 14.0. The molecule has 2 amide bonds. The van der Waals surface area contributed by atoms with Crippen molar-refractivity contribution in [3.05, 3.63) is 59.4 Å². The zero-order chi connectivity index (χ0) is 19.8. The van der Waals surface area contributed by atoms with Crippen molar-refractivity contribution in [2.75, 3.05) is 13.1 Å². The fourth-order valence-corrected chi connectivity index (χ4v) is 6.33. The normalized spacial score (nSPS) is 15.2. The maximum Gasteiger partial charge on any atom is 0.263 e. The van der Waals surface area contributed by atoms with Crippen LogP contribution in [0.2, 0.25) is 0 Å². The summed E-state index contributed by atoms with van der Waals surface area (Å²) in [4.78, 5) is 28.1. The molecule has 7 heteroatoms. The predicted octanol–water partition coefficient (Wildman–Crippen LogP) is 4.88. The lowest BCUT2D eigenvalue weighted by Gasteiger charge is -2.31. The molecule has 0 spiro atoms. The van der Waals surface area contributed by atoms with E-state index >= 15 is 0 Å². The molecule has 1 fully saturated rings. The quantitative estimate of drug-likeness (QED) is 0.508. The molecular formula is C22H20N2O3S2. The van der Waals surface area contributed by atoms with E-state index in [1.165, 1.54) is 19.5 Å². The largest absolute Gasteiger partial charge is 0.467 e. The van der Waals surface area contributed by atoms with Gasteiger partial charge in [-0.15, -0.1) is 22.7 Å². The van der Waals surface area contributed by atoms with Crippen molar-refractivity contribution in [3.63, 3.8) is 0 Å². The summed E-state index contributed by atoms with van der Waals surface area (Å²) in [7, 11) is 0. The smallest absolute Gasteiger partial charge is 0.263 e. The van der Waals surface area contributed by atoms with Gasteiger partial charge in [0.15, 0.2) is 0 Å². The van der Waals surface area contributed by atoms with Gasteiger partial charge in [0.1, 0.15) is 5.76 Å². The number of nitrogens with zero attached hydrogens (tertiary/aromatic N) is 1. The Hall–Kier alpha value is -2.64. The molecule has 1 aliphatic heterocycles. The van der Waals surface area contributed by atoms with Gasteiger partial charge in [-0.25, -0.2) is 0 Å². The fraction of sp³-hybridized carbons (Fsp3) is 0.273. The molecule has 0 atom stereocenters. The number of benzene rings is 1. The fourth-order valence-electron chi connectivity index (χ4n) is 3.84. The molecule has 0 radical (unpaired) electrons. The Balaban J connectivity index is 1.22. The molecule has 0 aliphatic carbocycles. The zero-order valence-corrected chi connectivity index (χ0v) is 17.4. The molecular weight excluding hydrogens is 404 g/mol. The van der Waals surface area contributed by atoms with Gasteiger partial charge in [0.05, 0.1) is 22.4 Å². The average Bonchev–Trinajstić information content (AvgIpc) is 3.48. The Morgan fingerprint density at radius 2 is 1.90 bits per heavy atom. The van der Waals surface area contributed by atoms with Gasteiger partial charge in [0, 0.05) is 33.8 Å². The molecule has 148 valence electrons. The molecule has 1 saturated heterocycles. The summed E-state index contributed by atoms with van der Waals surface area (Å²) in [6.07, 6.45) is 2.99. The topological polar surface area (TPSA) is 62.6 Å². The van der Waals surface area contributed by atoms with E-state index in [-0.39, 0.29) is 17.7 Å². The van der Waals surface area contributed by atoms with E-state index in [1.807, 2.05) is 35.2 Å². The van der Waals surface area contributed by atoms with Crippen LogP contribution in [0.5, 0.6) is 0 Å². The van der Waals surface area contributed by atoms with E-state index in [0.29, 0.717) is 32.5 Å². The molecule has 5 nitrogen and oxygen atoms in total. The second-order valence-corrected chi connectivity index (χ2v) is 9.40. The number of likely N-dealkylation sites (tertiary alicyclic amines) is 1. The van der Waals surface area contributed by atoms with E-state index in [0.717, 1.165) is 10.6 Å². The highest BCUT2D eigenvalue weighted by Gasteiger charge is 2.28. The number of rotatable bonds is 4. The van der Waals surface area contributed by atoms with Crippen LogP contribution in [0.4, 0.5) is 0 Å². The van der Waals surface area contributed by atoms with Crippen LogP contribution in [0.15, 0.2) is 53.1 Å². The number of carbonyl (C=O) groups excluding carboxylic acids is 2. The Bertz CT molecular complexity index is 1170. The van der Waals surface area contributed by atoms with Crippen LogP contribution in [0.25, 0.3) is 19.5 Å². The number of hydrogen-bond acceptors (Lipinski definition) is 5. The number of carbonyl (C=O) groups is 2. The van der Waals surface area contributed by atoms with Crippen molar-refractivity contribution < 1.29 is 14.0 Å². The first-order chi connectivity index (χ1) is 14.2. The van der Waals surface area contributed by atoms with Gasteiger partial charge in [-0.1, -0.05) is 18.2 Å². The number of amides is 2. The summed E-state index contributed by atoms with van der Waals surface area (Å²) < 4.78 is 8.88. The van der Waals surface area contributed by atoms with Crippen molar-refractivity contribution in [2.45, 2.75) is 19.4 Å². The summed E-state index contributed by atoms with van der Waals surface area (Å²) in [6.45, 7) is 1.64. The molecule has 1 aromatic carbocycles. The highest BCUT2D eigenvalue weighted by molar-refractivity contribution is 7.33. The number of nitrogens with one attached hydrogen (secondary N) is 1. The minimum atomic E-state index is -0.0511. The molecule has 0 unspecified atom stereocenters. The van der Waals surface area contributed by atoms with Gasteiger partial charge >= 0.3 is 0 Å². The molecule has 5 rings (SSSR count). The molecule has 0 saturated carbocycles. The number of fused-ring (bicyclic) bond motifs is 3. The Labute approximate surface area is 175 Å². The van der Waals surface area contributed by atoms with E-state index in [4.69, 9.17) is 4.42 Å². The van der Waals surface area contributed by atoms with Gasteiger partial charge in [0.25, 0.3) is 5.91 Å². The molecule has 3 aromatic heterocycles. The van der Waals surface area contributed by atoms with Gasteiger partial charge in [-0.2, -0.15) is 0 Å². The van der Waals surface area contributed by atoms with E-state index in [9.17, 15) is 9.59 Å². The third-order valence-electron chi connectivity index (χ3n) is 5.43. The van der Waals surface area contributed by atoms with Crippen LogP contribution in [0.3, 0.4) is 0 Å². The number of piperidine rings is 1. The second kappa shape index (κ2) is 7.65. The summed E-state index contributed by atoms with van der Waals surface area (Å²) >= 11 is 3.31. The first-order valence-corrected chi connectivity index (χ1v) is 11.3.